The molecule has 3 aliphatic rings. The van der Waals surface area contributed by atoms with Crippen LogP contribution >= 0.6 is 58.2 Å². The molecule has 0 radical (unpaired) electrons. The number of nitrogens with zero attached hydrogens (tertiary/aromatic N) is 3. The van der Waals surface area contributed by atoms with Crippen LogP contribution < -0.4 is 33.2 Å². The Labute approximate surface area is 403 Å². The van der Waals surface area contributed by atoms with Gasteiger partial charge in [0, 0.05) is 35.4 Å². The number of nitrogen functional groups attached to an aromatic ring is 3. The number of nitrogens with one attached hydrogen (secondary N) is 3. The Bertz CT molecular complexity index is 2820. The summed E-state index contributed by atoms with van der Waals surface area (Å²) in [4.78, 5) is 17.2. The van der Waals surface area contributed by atoms with Gasteiger partial charge in [-0.1, -0.05) is 125 Å². The SMILES string of the molecule is C=CC(=O)OC#N.Nc1cccc2c1Nc1ccccc1S2.Nc1cccc2c1Nc1ccccc1S2.Nc1cccc2c1Nc1ccccc1S2.c1ccc2snnc2c1.c1ccsc1. The maximum absolute atomic E-state index is 9.85. The molecule has 11 nitrogen and oxygen atoms in total. The Kier molecular flexibility index (Phi) is 16.6. The summed E-state index contributed by atoms with van der Waals surface area (Å²) < 4.78 is 8.68. The zero-order chi connectivity index (χ0) is 46.1. The van der Waals surface area contributed by atoms with Crippen molar-refractivity contribution in [2.24, 2.45) is 0 Å². The zero-order valence-corrected chi connectivity index (χ0v) is 39.0. The van der Waals surface area contributed by atoms with Crippen molar-refractivity contribution < 1.29 is 9.53 Å². The van der Waals surface area contributed by atoms with E-state index >= 15 is 0 Å². The molecule has 5 heterocycles. The van der Waals surface area contributed by atoms with E-state index in [0.29, 0.717) is 0 Å². The lowest BCUT2D eigenvalue weighted by Gasteiger charge is -2.21. The van der Waals surface area contributed by atoms with E-state index in [0.717, 1.165) is 67.5 Å². The van der Waals surface area contributed by atoms with Gasteiger partial charge in [-0.2, -0.15) is 11.3 Å². The number of fused-ring (bicyclic) bond motifs is 7. The summed E-state index contributed by atoms with van der Waals surface area (Å²) in [5.41, 5.74) is 27.6. The lowest BCUT2D eigenvalue weighted by Crippen LogP contribution is -2.02. The van der Waals surface area contributed by atoms with E-state index in [1.54, 1.807) is 46.6 Å². The maximum Gasteiger partial charge on any atom is 0.345 e. The Morgan fingerprint density at radius 3 is 1.30 bits per heavy atom. The number of nitrogens with two attached hydrogens (primary N) is 3. The molecule has 12 rings (SSSR count). The summed E-state index contributed by atoms with van der Waals surface area (Å²) in [5.74, 6) is -0.720. The monoisotopic (exact) mass is 959 g/mol. The molecule has 0 spiro atoms. The number of hydrogen-bond acceptors (Lipinski definition) is 16. The van der Waals surface area contributed by atoms with Gasteiger partial charge in [0.05, 0.1) is 55.9 Å². The molecule has 0 amide bonds. The van der Waals surface area contributed by atoms with Crippen molar-refractivity contribution in [2.75, 3.05) is 33.2 Å². The molecule has 66 heavy (non-hydrogen) atoms. The van der Waals surface area contributed by atoms with Gasteiger partial charge in [0.2, 0.25) is 0 Å². The number of anilines is 9. The second kappa shape index (κ2) is 23.5. The fourth-order valence-electron chi connectivity index (χ4n) is 6.08. The van der Waals surface area contributed by atoms with Crippen LogP contribution in [0.1, 0.15) is 0 Å². The molecular weight excluding hydrogens is 919 g/mol. The van der Waals surface area contributed by atoms with E-state index in [9.17, 15) is 4.79 Å². The van der Waals surface area contributed by atoms with Crippen molar-refractivity contribution >= 4 is 126 Å². The van der Waals surface area contributed by atoms with Crippen LogP contribution in [-0.4, -0.2) is 15.6 Å². The minimum Gasteiger partial charge on any atom is -0.397 e. The number of carbonyl (C=O) groups is 1. The lowest BCUT2D eigenvalue weighted by molar-refractivity contribution is -0.131. The number of thiophene rings is 1. The first-order valence-electron chi connectivity index (χ1n) is 19.9. The standard InChI is InChI=1S/3C12H10N2S.C6H4N2S.C4H3NO2.C4H4S/c3*13-8-4-3-7-11-12(8)14-9-5-1-2-6-10(9)15-11;1-2-4-6-5(3-1)7-8-9-6;1-2-4(6)7-3-5;1-2-4-5-3-1/h3*1-7,14H,13H2;1-4H;2H,1H2;1-4H. The van der Waals surface area contributed by atoms with Crippen LogP contribution in [0.4, 0.5) is 51.2 Å². The largest absolute Gasteiger partial charge is 0.397 e. The average Bonchev–Trinajstić information content (AvgIpc) is 4.11. The number of para-hydroxylation sites is 6. The number of rotatable bonds is 1. The predicted octanol–water partition coefficient (Wildman–Crippen LogP) is 14.1. The van der Waals surface area contributed by atoms with E-state index in [-0.39, 0.29) is 0 Å². The Hall–Kier alpha value is -7.39. The van der Waals surface area contributed by atoms with Gasteiger partial charge in [-0.05, 0) is 107 Å². The molecule has 0 unspecified atom stereocenters. The number of nitriles is 1. The van der Waals surface area contributed by atoms with Gasteiger partial charge >= 0.3 is 5.97 Å². The summed E-state index contributed by atoms with van der Waals surface area (Å²) >= 11 is 8.40. The highest BCUT2D eigenvalue weighted by Gasteiger charge is 2.18. The normalized spacial score (nSPS) is 11.2. The molecule has 7 aromatic carbocycles. The molecule has 328 valence electrons. The van der Waals surface area contributed by atoms with Gasteiger partial charge in [0.1, 0.15) is 5.52 Å². The topological polar surface area (TPSA) is 190 Å². The van der Waals surface area contributed by atoms with Gasteiger partial charge in [-0.3, -0.25) is 0 Å². The molecule has 16 heteroatoms. The molecule has 9 aromatic rings. The summed E-state index contributed by atoms with van der Waals surface area (Å²) in [6, 6.07) is 54.7. The molecule has 0 bridgehead atoms. The van der Waals surface area contributed by atoms with Crippen molar-refractivity contribution in [2.45, 2.75) is 29.4 Å². The fraction of sp³-hybridized carbons (Fsp3) is 0. The zero-order valence-electron chi connectivity index (χ0n) is 35.0. The molecule has 0 aliphatic carbocycles. The van der Waals surface area contributed by atoms with E-state index in [2.05, 4.69) is 91.5 Å². The average molecular weight is 960 g/mol. The number of hydrogen-bond donors (Lipinski definition) is 6. The Balaban J connectivity index is 0.000000122. The highest BCUT2D eigenvalue weighted by molar-refractivity contribution is 8.00. The van der Waals surface area contributed by atoms with Gasteiger partial charge in [0.25, 0.3) is 6.26 Å². The Morgan fingerprint density at radius 2 is 0.939 bits per heavy atom. The van der Waals surface area contributed by atoms with Crippen LogP contribution in [0.25, 0.3) is 10.2 Å². The second-order valence-electron chi connectivity index (χ2n) is 13.6. The maximum atomic E-state index is 9.85. The predicted molar refractivity (Wildman–Crippen MR) is 278 cm³/mol. The minimum absolute atomic E-state index is 0.720. The van der Waals surface area contributed by atoms with Crippen LogP contribution in [0.3, 0.4) is 0 Å². The summed E-state index contributed by atoms with van der Waals surface area (Å²) in [6.07, 6.45) is 2.12. The first-order valence-corrected chi connectivity index (χ1v) is 24.1. The third-order valence-corrected chi connectivity index (χ3v) is 13.9. The van der Waals surface area contributed by atoms with Crippen molar-refractivity contribution in [3.05, 3.63) is 187 Å². The molecule has 9 N–H and O–H groups in total. The third-order valence-electron chi connectivity index (χ3n) is 9.17. The fourth-order valence-corrected chi connectivity index (χ4v) is 10.2. The van der Waals surface area contributed by atoms with Crippen LogP contribution in [0.5, 0.6) is 0 Å². The molecule has 2 aromatic heterocycles. The molecule has 0 saturated heterocycles. The number of aromatic nitrogens is 2. The molecule has 0 fully saturated rings. The Morgan fingerprint density at radius 1 is 0.545 bits per heavy atom. The van der Waals surface area contributed by atoms with Crippen molar-refractivity contribution in [1.29, 1.82) is 5.26 Å². The van der Waals surface area contributed by atoms with Crippen molar-refractivity contribution in [3.8, 4) is 6.26 Å². The summed E-state index contributed by atoms with van der Waals surface area (Å²) in [7, 11) is 0. The first-order chi connectivity index (χ1) is 32.3. The van der Waals surface area contributed by atoms with Gasteiger partial charge in [0.15, 0.2) is 0 Å². The van der Waals surface area contributed by atoms with Gasteiger partial charge < -0.3 is 37.9 Å². The van der Waals surface area contributed by atoms with Crippen LogP contribution in [-0.2, 0) is 9.53 Å². The van der Waals surface area contributed by atoms with E-state index < -0.39 is 5.97 Å². The molecule has 3 aliphatic heterocycles. The van der Waals surface area contributed by atoms with Crippen molar-refractivity contribution in [3.63, 3.8) is 0 Å². The van der Waals surface area contributed by atoms with Crippen LogP contribution in [0.15, 0.2) is 217 Å². The first kappa shape index (κ1) is 46.6. The molecule has 0 atom stereocenters. The highest BCUT2D eigenvalue weighted by atomic mass is 32.2. The highest BCUT2D eigenvalue weighted by Crippen LogP contribution is 2.48. The van der Waals surface area contributed by atoms with Crippen LogP contribution in [0.2, 0.25) is 0 Å². The van der Waals surface area contributed by atoms with Crippen molar-refractivity contribution in [1.82, 2.24) is 9.59 Å². The minimum atomic E-state index is -0.720. The van der Waals surface area contributed by atoms with E-state index in [4.69, 9.17) is 22.5 Å². The second-order valence-corrected chi connectivity index (χ2v) is 18.4. The number of esters is 1. The van der Waals surface area contributed by atoms with E-state index in [1.807, 2.05) is 120 Å². The van der Waals surface area contributed by atoms with E-state index in [1.165, 1.54) is 47.2 Å². The third kappa shape index (κ3) is 12.4. The number of carbonyl (C=O) groups excluding carboxylic acids is 1. The number of benzene rings is 7. The number of ether oxygens (including phenoxy) is 1. The van der Waals surface area contributed by atoms with Gasteiger partial charge in [-0.15, -0.1) is 10.4 Å². The lowest BCUT2D eigenvalue weighted by atomic mass is 10.2. The smallest absolute Gasteiger partial charge is 0.345 e. The van der Waals surface area contributed by atoms with Gasteiger partial charge in [-0.25, -0.2) is 4.79 Å². The molecular formula is C50H41N9O2S5. The molecule has 0 saturated carbocycles. The summed E-state index contributed by atoms with van der Waals surface area (Å²) in [6.45, 7) is 3.05. The quantitative estimate of drug-likeness (QED) is 0.0394. The summed E-state index contributed by atoms with van der Waals surface area (Å²) in [5, 5.41) is 25.7. The van der Waals surface area contributed by atoms with Crippen LogP contribution in [0, 0.1) is 11.5 Å².